The van der Waals surface area contributed by atoms with E-state index >= 15 is 0 Å². The van der Waals surface area contributed by atoms with Crippen LogP contribution < -0.4 is 5.32 Å². The zero-order valence-electron chi connectivity index (χ0n) is 9.79. The first kappa shape index (κ1) is 11.4. The molecule has 0 spiro atoms. The molecule has 0 saturated heterocycles. The minimum absolute atomic E-state index is 0.386. The molecule has 2 aromatic rings. The fourth-order valence-corrected chi connectivity index (χ4v) is 2.01. The highest BCUT2D eigenvalue weighted by molar-refractivity contribution is 6.30. The molecule has 0 amide bonds. The first-order valence-corrected chi connectivity index (χ1v) is 5.82. The predicted molar refractivity (Wildman–Crippen MR) is 67.1 cm³/mol. The van der Waals surface area contributed by atoms with E-state index in [4.69, 9.17) is 11.6 Å². The zero-order chi connectivity index (χ0) is 11.7. The molecule has 2 heterocycles. The van der Waals surface area contributed by atoms with Crippen molar-refractivity contribution < 1.29 is 0 Å². The highest BCUT2D eigenvalue weighted by Gasteiger charge is 2.12. The van der Waals surface area contributed by atoms with Gasteiger partial charge in [-0.25, -0.2) is 4.98 Å². The molecular formula is C12H16ClN3. The average Bonchev–Trinajstić information content (AvgIpc) is 2.57. The van der Waals surface area contributed by atoms with E-state index in [9.17, 15) is 0 Å². The topological polar surface area (TPSA) is 29.3 Å². The molecule has 0 aromatic carbocycles. The van der Waals surface area contributed by atoms with Crippen LogP contribution in [0.2, 0.25) is 5.02 Å². The second-order valence-corrected chi connectivity index (χ2v) is 4.64. The zero-order valence-corrected chi connectivity index (χ0v) is 10.5. The van der Waals surface area contributed by atoms with Gasteiger partial charge in [0.15, 0.2) is 0 Å². The molecule has 2 aromatic heterocycles. The Morgan fingerprint density at radius 2 is 2.19 bits per heavy atom. The van der Waals surface area contributed by atoms with Crippen LogP contribution in [0.1, 0.15) is 31.3 Å². The lowest BCUT2D eigenvalue weighted by Gasteiger charge is -2.03. The van der Waals surface area contributed by atoms with Crippen molar-refractivity contribution in [3.63, 3.8) is 0 Å². The van der Waals surface area contributed by atoms with Crippen LogP contribution in [-0.4, -0.2) is 16.4 Å². The highest BCUT2D eigenvalue weighted by atomic mass is 35.5. The SMILES string of the molecule is CNCc1nc(C(C)C)n2cc(Cl)ccc12. The monoisotopic (exact) mass is 237 g/mol. The third-order valence-corrected chi connectivity index (χ3v) is 2.79. The average molecular weight is 238 g/mol. The van der Waals surface area contributed by atoms with Crippen LogP contribution in [0.5, 0.6) is 0 Å². The van der Waals surface area contributed by atoms with Crippen LogP contribution in [0.25, 0.3) is 5.52 Å². The van der Waals surface area contributed by atoms with Crippen molar-refractivity contribution in [1.82, 2.24) is 14.7 Å². The Labute approximate surface area is 100 Å². The van der Waals surface area contributed by atoms with Gasteiger partial charge in [-0.2, -0.15) is 0 Å². The quantitative estimate of drug-likeness (QED) is 0.890. The lowest BCUT2D eigenvalue weighted by atomic mass is 10.2. The Hall–Kier alpha value is -1.06. The number of nitrogens with one attached hydrogen (secondary N) is 1. The Balaban J connectivity index is 2.66. The van der Waals surface area contributed by atoms with Crippen LogP contribution in [0.15, 0.2) is 18.3 Å². The van der Waals surface area contributed by atoms with Crippen molar-refractivity contribution >= 4 is 17.1 Å². The van der Waals surface area contributed by atoms with Gasteiger partial charge in [0.25, 0.3) is 0 Å². The number of rotatable bonds is 3. The summed E-state index contributed by atoms with van der Waals surface area (Å²) in [5, 5.41) is 3.87. The molecule has 1 N–H and O–H groups in total. The second kappa shape index (κ2) is 4.44. The molecule has 0 fully saturated rings. The van der Waals surface area contributed by atoms with E-state index in [0.29, 0.717) is 5.92 Å². The van der Waals surface area contributed by atoms with Gasteiger partial charge in [-0.15, -0.1) is 0 Å². The summed E-state index contributed by atoms with van der Waals surface area (Å²) in [5.41, 5.74) is 2.20. The van der Waals surface area contributed by atoms with Crippen LogP contribution in [0, 0.1) is 0 Å². The standard InChI is InChI=1S/C12H16ClN3/c1-8(2)12-15-10(6-14-3)11-5-4-9(13)7-16(11)12/h4-5,7-8,14H,6H2,1-3H3. The minimum atomic E-state index is 0.386. The molecule has 2 rings (SSSR count). The van der Waals surface area contributed by atoms with E-state index in [0.717, 1.165) is 28.6 Å². The van der Waals surface area contributed by atoms with E-state index in [1.165, 1.54) is 0 Å². The minimum Gasteiger partial charge on any atom is -0.314 e. The highest BCUT2D eigenvalue weighted by Crippen LogP contribution is 2.21. The first-order valence-electron chi connectivity index (χ1n) is 5.44. The van der Waals surface area contributed by atoms with Crippen molar-refractivity contribution in [3.05, 3.63) is 34.9 Å². The Bertz CT molecular complexity index is 502. The lowest BCUT2D eigenvalue weighted by Crippen LogP contribution is -2.05. The van der Waals surface area contributed by atoms with Crippen molar-refractivity contribution in [3.8, 4) is 0 Å². The third-order valence-electron chi connectivity index (χ3n) is 2.57. The van der Waals surface area contributed by atoms with Crippen molar-refractivity contribution in [1.29, 1.82) is 0 Å². The van der Waals surface area contributed by atoms with Gasteiger partial charge in [0.1, 0.15) is 5.82 Å². The summed E-state index contributed by atoms with van der Waals surface area (Å²) in [6.07, 6.45) is 1.93. The van der Waals surface area contributed by atoms with Crippen LogP contribution in [-0.2, 0) is 6.54 Å². The van der Waals surface area contributed by atoms with E-state index < -0.39 is 0 Å². The van der Waals surface area contributed by atoms with E-state index in [1.807, 2.05) is 25.4 Å². The fraction of sp³-hybridized carbons (Fsp3) is 0.417. The lowest BCUT2D eigenvalue weighted by molar-refractivity contribution is 0.751. The molecule has 0 unspecified atom stereocenters. The van der Waals surface area contributed by atoms with Gasteiger partial charge in [0.2, 0.25) is 0 Å². The van der Waals surface area contributed by atoms with Gasteiger partial charge >= 0.3 is 0 Å². The van der Waals surface area contributed by atoms with Crippen molar-refractivity contribution in [2.45, 2.75) is 26.3 Å². The van der Waals surface area contributed by atoms with Gasteiger partial charge in [-0.1, -0.05) is 25.4 Å². The van der Waals surface area contributed by atoms with Crippen LogP contribution >= 0.6 is 11.6 Å². The van der Waals surface area contributed by atoms with E-state index in [1.54, 1.807) is 0 Å². The Morgan fingerprint density at radius 3 is 2.81 bits per heavy atom. The number of halogens is 1. The second-order valence-electron chi connectivity index (χ2n) is 4.20. The number of fused-ring (bicyclic) bond motifs is 1. The molecule has 16 heavy (non-hydrogen) atoms. The summed E-state index contributed by atoms with van der Waals surface area (Å²) in [5.74, 6) is 1.44. The largest absolute Gasteiger partial charge is 0.314 e. The van der Waals surface area contributed by atoms with E-state index in [2.05, 4.69) is 28.5 Å². The maximum absolute atomic E-state index is 6.02. The number of imidazole rings is 1. The summed E-state index contributed by atoms with van der Waals surface area (Å²) in [6, 6.07) is 3.93. The molecule has 0 radical (unpaired) electrons. The van der Waals surface area contributed by atoms with Crippen LogP contribution in [0.3, 0.4) is 0 Å². The molecule has 3 nitrogen and oxygen atoms in total. The molecule has 0 aliphatic carbocycles. The summed E-state index contributed by atoms with van der Waals surface area (Å²) in [7, 11) is 1.93. The maximum atomic E-state index is 6.02. The molecule has 0 atom stereocenters. The summed E-state index contributed by atoms with van der Waals surface area (Å²) >= 11 is 6.02. The fourth-order valence-electron chi connectivity index (χ4n) is 1.85. The molecular weight excluding hydrogens is 222 g/mol. The van der Waals surface area contributed by atoms with Crippen molar-refractivity contribution in [2.75, 3.05) is 7.05 Å². The normalized spacial score (nSPS) is 11.6. The number of nitrogens with zero attached hydrogens (tertiary/aromatic N) is 2. The van der Waals surface area contributed by atoms with E-state index in [-0.39, 0.29) is 0 Å². The third kappa shape index (κ3) is 1.93. The molecule has 86 valence electrons. The molecule has 0 saturated carbocycles. The molecule has 0 aliphatic heterocycles. The Morgan fingerprint density at radius 1 is 1.44 bits per heavy atom. The number of hydrogen-bond acceptors (Lipinski definition) is 2. The number of hydrogen-bond donors (Lipinski definition) is 1. The predicted octanol–water partition coefficient (Wildman–Crippen LogP) is 2.83. The van der Waals surface area contributed by atoms with Gasteiger partial charge in [0, 0.05) is 18.7 Å². The maximum Gasteiger partial charge on any atom is 0.116 e. The Kier molecular flexibility index (Phi) is 3.17. The number of pyridine rings is 1. The smallest absolute Gasteiger partial charge is 0.116 e. The van der Waals surface area contributed by atoms with Gasteiger partial charge in [0.05, 0.1) is 16.2 Å². The van der Waals surface area contributed by atoms with Gasteiger partial charge < -0.3 is 9.72 Å². The molecule has 0 aliphatic rings. The summed E-state index contributed by atoms with van der Waals surface area (Å²) < 4.78 is 2.08. The first-order chi connectivity index (χ1) is 7.63. The van der Waals surface area contributed by atoms with Crippen molar-refractivity contribution in [2.24, 2.45) is 0 Å². The summed E-state index contributed by atoms with van der Waals surface area (Å²) in [6.45, 7) is 5.05. The molecule has 0 bridgehead atoms. The number of aromatic nitrogens is 2. The van der Waals surface area contributed by atoms with Gasteiger partial charge in [-0.3, -0.25) is 0 Å². The molecule has 4 heteroatoms. The van der Waals surface area contributed by atoms with Crippen LogP contribution in [0.4, 0.5) is 0 Å². The van der Waals surface area contributed by atoms with Gasteiger partial charge in [-0.05, 0) is 19.2 Å². The summed E-state index contributed by atoms with van der Waals surface area (Å²) in [4.78, 5) is 4.66.